The molecular formula is C28H31Cl2N3O5S2. The summed E-state index contributed by atoms with van der Waals surface area (Å²) in [5.41, 5.74) is 2.14. The molecule has 1 N–H and O–H groups in total. The van der Waals surface area contributed by atoms with Gasteiger partial charge in [-0.25, -0.2) is 16.8 Å². The molecule has 1 aliphatic rings. The number of halogens is 2. The summed E-state index contributed by atoms with van der Waals surface area (Å²) in [5.74, 6) is -0.493. The first-order valence-corrected chi connectivity index (χ1v) is 16.5. The number of carbonyl (C=O) groups excluding carboxylic acids is 1. The average Bonchev–Trinajstić information content (AvgIpc) is 3.47. The van der Waals surface area contributed by atoms with Crippen molar-refractivity contribution in [1.29, 1.82) is 0 Å². The van der Waals surface area contributed by atoms with Crippen LogP contribution in [-0.4, -0.2) is 57.5 Å². The maximum Gasteiger partial charge on any atom is 0.243 e. The molecular weight excluding hydrogens is 593 g/mol. The number of nitrogens with zero attached hydrogens (tertiary/aromatic N) is 2. The highest BCUT2D eigenvalue weighted by atomic mass is 35.5. The normalized spacial score (nSPS) is 14.5. The highest BCUT2D eigenvalue weighted by Gasteiger charge is 2.29. The van der Waals surface area contributed by atoms with Crippen molar-refractivity contribution in [3.63, 3.8) is 0 Å². The number of rotatable bonds is 11. The maximum atomic E-state index is 13.5. The van der Waals surface area contributed by atoms with Crippen LogP contribution in [0.15, 0.2) is 76.5 Å². The Kier molecular flexibility index (Phi) is 9.92. The third kappa shape index (κ3) is 7.23. The van der Waals surface area contributed by atoms with Gasteiger partial charge in [-0.15, -0.1) is 0 Å². The number of sulfonamides is 2. The average molecular weight is 625 g/mol. The standard InChI is InChI=1S/C28H31Cl2N3O5S2/c1-21-7-11-23(12-8-21)40(37,38)33(19-25-26(29)5-4-6-27(25)30)20-28(34)31-16-15-22-9-13-24(14-10-22)39(35,36)32-17-2-3-18-32/h4-14H,2-3,15-20H2,1H3,(H,31,34). The Morgan fingerprint density at radius 1 is 0.875 bits per heavy atom. The van der Waals surface area contributed by atoms with E-state index in [1.165, 1.54) is 16.4 Å². The van der Waals surface area contributed by atoms with Gasteiger partial charge in [-0.3, -0.25) is 4.79 Å². The number of carbonyl (C=O) groups is 1. The van der Waals surface area contributed by atoms with Crippen molar-refractivity contribution in [2.45, 2.75) is 42.5 Å². The predicted octanol–water partition coefficient (Wildman–Crippen LogP) is 4.64. The van der Waals surface area contributed by atoms with Crippen LogP contribution in [0.25, 0.3) is 0 Å². The van der Waals surface area contributed by atoms with Crippen molar-refractivity contribution in [2.24, 2.45) is 0 Å². The van der Waals surface area contributed by atoms with Crippen LogP contribution in [0.1, 0.15) is 29.5 Å². The molecule has 8 nitrogen and oxygen atoms in total. The smallest absolute Gasteiger partial charge is 0.243 e. The molecule has 0 aromatic heterocycles. The molecule has 0 spiro atoms. The molecule has 1 heterocycles. The summed E-state index contributed by atoms with van der Waals surface area (Å²) >= 11 is 12.6. The fraction of sp³-hybridized carbons (Fsp3) is 0.321. The summed E-state index contributed by atoms with van der Waals surface area (Å²) < 4.78 is 55.0. The molecule has 1 saturated heterocycles. The van der Waals surface area contributed by atoms with Crippen LogP contribution in [0.5, 0.6) is 0 Å². The molecule has 0 atom stereocenters. The van der Waals surface area contributed by atoms with E-state index in [1.54, 1.807) is 54.6 Å². The van der Waals surface area contributed by atoms with E-state index in [2.05, 4.69) is 5.32 Å². The Morgan fingerprint density at radius 2 is 1.45 bits per heavy atom. The van der Waals surface area contributed by atoms with Crippen molar-refractivity contribution >= 4 is 49.2 Å². The Bertz CT molecular complexity index is 1540. The summed E-state index contributed by atoms with van der Waals surface area (Å²) in [6.45, 7) is 2.54. The lowest BCUT2D eigenvalue weighted by Gasteiger charge is -2.23. The quantitative estimate of drug-likeness (QED) is 0.335. The molecule has 3 aromatic carbocycles. The van der Waals surface area contributed by atoms with Gasteiger partial charge in [0.05, 0.1) is 16.3 Å². The summed E-state index contributed by atoms with van der Waals surface area (Å²) in [6.07, 6.45) is 2.18. The largest absolute Gasteiger partial charge is 0.355 e. The van der Waals surface area contributed by atoms with E-state index in [-0.39, 0.29) is 22.9 Å². The Morgan fingerprint density at radius 3 is 2.05 bits per heavy atom. The number of amides is 1. The molecule has 0 radical (unpaired) electrons. The van der Waals surface area contributed by atoms with Gasteiger partial charge in [0.25, 0.3) is 0 Å². The number of hydrogen-bond donors (Lipinski definition) is 1. The van der Waals surface area contributed by atoms with Gasteiger partial charge in [0.2, 0.25) is 26.0 Å². The SMILES string of the molecule is Cc1ccc(S(=O)(=O)N(CC(=O)NCCc2ccc(S(=O)(=O)N3CCCC3)cc2)Cc2c(Cl)cccc2Cl)cc1. The van der Waals surface area contributed by atoms with Gasteiger partial charge in [-0.1, -0.05) is 59.1 Å². The third-order valence-corrected chi connectivity index (χ3v) is 11.2. The zero-order valence-corrected chi connectivity index (χ0v) is 25.2. The molecule has 1 amide bonds. The van der Waals surface area contributed by atoms with Gasteiger partial charge < -0.3 is 5.32 Å². The van der Waals surface area contributed by atoms with E-state index in [0.29, 0.717) is 35.1 Å². The van der Waals surface area contributed by atoms with Crippen LogP contribution in [0, 0.1) is 6.92 Å². The Balaban J connectivity index is 1.42. The number of aryl methyl sites for hydroxylation is 1. The molecule has 0 bridgehead atoms. The molecule has 0 aliphatic carbocycles. The first kappa shape index (κ1) is 30.5. The zero-order chi connectivity index (χ0) is 28.9. The zero-order valence-electron chi connectivity index (χ0n) is 22.0. The van der Waals surface area contributed by atoms with E-state index < -0.39 is 32.5 Å². The van der Waals surface area contributed by atoms with Crippen molar-refractivity contribution in [3.8, 4) is 0 Å². The highest BCUT2D eigenvalue weighted by molar-refractivity contribution is 7.89. The van der Waals surface area contributed by atoms with Crippen LogP contribution in [0.2, 0.25) is 10.0 Å². The molecule has 1 aliphatic heterocycles. The van der Waals surface area contributed by atoms with Crippen molar-refractivity contribution in [1.82, 2.24) is 13.9 Å². The first-order valence-electron chi connectivity index (χ1n) is 12.8. The predicted molar refractivity (Wildman–Crippen MR) is 156 cm³/mol. The summed E-state index contributed by atoms with van der Waals surface area (Å²) in [5, 5.41) is 3.36. The van der Waals surface area contributed by atoms with Crippen molar-refractivity contribution in [3.05, 3.63) is 93.5 Å². The maximum absolute atomic E-state index is 13.5. The van der Waals surface area contributed by atoms with Gasteiger partial charge >= 0.3 is 0 Å². The van der Waals surface area contributed by atoms with Crippen LogP contribution in [0.3, 0.4) is 0 Å². The lowest BCUT2D eigenvalue weighted by molar-refractivity contribution is -0.121. The molecule has 1 fully saturated rings. The van der Waals surface area contributed by atoms with E-state index in [9.17, 15) is 21.6 Å². The van der Waals surface area contributed by atoms with E-state index in [4.69, 9.17) is 23.2 Å². The monoisotopic (exact) mass is 623 g/mol. The number of benzene rings is 3. The van der Waals surface area contributed by atoms with Crippen LogP contribution in [0.4, 0.5) is 0 Å². The third-order valence-electron chi connectivity index (χ3n) is 6.74. The minimum absolute atomic E-state index is 0.0537. The van der Waals surface area contributed by atoms with Crippen LogP contribution in [-0.2, 0) is 37.8 Å². The fourth-order valence-electron chi connectivity index (χ4n) is 4.41. The molecule has 3 aromatic rings. The van der Waals surface area contributed by atoms with Crippen molar-refractivity contribution in [2.75, 3.05) is 26.2 Å². The molecule has 0 unspecified atom stereocenters. The molecule has 214 valence electrons. The topological polar surface area (TPSA) is 104 Å². The lowest BCUT2D eigenvalue weighted by atomic mass is 10.1. The molecule has 12 heteroatoms. The number of nitrogens with one attached hydrogen (secondary N) is 1. The van der Waals surface area contributed by atoms with Crippen molar-refractivity contribution < 1.29 is 21.6 Å². The minimum Gasteiger partial charge on any atom is -0.355 e. The van der Waals surface area contributed by atoms with E-state index in [0.717, 1.165) is 28.3 Å². The Labute approximate surface area is 246 Å². The minimum atomic E-state index is -4.05. The second-order valence-electron chi connectivity index (χ2n) is 9.64. The van der Waals surface area contributed by atoms with E-state index in [1.807, 2.05) is 6.92 Å². The molecule has 0 saturated carbocycles. The highest BCUT2D eigenvalue weighted by Crippen LogP contribution is 2.28. The molecule has 4 rings (SSSR count). The Hall–Kier alpha value is -2.47. The van der Waals surface area contributed by atoms with Crippen LogP contribution < -0.4 is 5.32 Å². The molecule has 40 heavy (non-hydrogen) atoms. The second-order valence-corrected chi connectivity index (χ2v) is 14.3. The van der Waals surface area contributed by atoms with Gasteiger partial charge in [-0.2, -0.15) is 8.61 Å². The summed E-state index contributed by atoms with van der Waals surface area (Å²) in [4.78, 5) is 13.2. The van der Waals surface area contributed by atoms with E-state index >= 15 is 0 Å². The summed E-state index contributed by atoms with van der Waals surface area (Å²) in [7, 11) is -7.55. The van der Waals surface area contributed by atoms with Crippen LogP contribution >= 0.6 is 23.2 Å². The van der Waals surface area contributed by atoms with Gasteiger partial charge in [0.15, 0.2) is 0 Å². The van der Waals surface area contributed by atoms with Gasteiger partial charge in [0.1, 0.15) is 0 Å². The number of hydrogen-bond acceptors (Lipinski definition) is 5. The summed E-state index contributed by atoms with van der Waals surface area (Å²) in [6, 6.07) is 17.9. The second kappa shape index (κ2) is 13.0. The first-order chi connectivity index (χ1) is 19.0. The fourth-order valence-corrected chi connectivity index (χ4v) is 7.81. The van der Waals surface area contributed by atoms with Gasteiger partial charge in [0, 0.05) is 41.8 Å². The lowest BCUT2D eigenvalue weighted by Crippen LogP contribution is -2.41. The van der Waals surface area contributed by atoms with Gasteiger partial charge in [-0.05, 0) is 68.1 Å².